The van der Waals surface area contributed by atoms with Crippen molar-refractivity contribution in [3.05, 3.63) is 107 Å². The van der Waals surface area contributed by atoms with Gasteiger partial charge < -0.3 is 24.3 Å². The summed E-state index contributed by atoms with van der Waals surface area (Å²) < 4.78 is 42.2. The van der Waals surface area contributed by atoms with Crippen molar-refractivity contribution >= 4 is 11.0 Å². The maximum atomic E-state index is 15.3. The second kappa shape index (κ2) is 12.2. The van der Waals surface area contributed by atoms with Crippen LogP contribution >= 0.6 is 0 Å². The van der Waals surface area contributed by atoms with E-state index in [2.05, 4.69) is 15.0 Å². The smallest absolute Gasteiger partial charge is 0.317 e. The van der Waals surface area contributed by atoms with E-state index in [0.29, 0.717) is 52.4 Å². The average molecular weight is 558 g/mol. The minimum Gasteiger partial charge on any atom is -0.458 e. The molecule has 0 saturated carbocycles. The number of methoxy groups -OCH3 is 1. The van der Waals surface area contributed by atoms with Gasteiger partial charge >= 0.3 is 6.01 Å². The Kier molecular flexibility index (Phi) is 8.26. The predicted octanol–water partition coefficient (Wildman–Crippen LogP) is 4.44. The van der Waals surface area contributed by atoms with Crippen LogP contribution in [-0.4, -0.2) is 43.4 Å². The van der Waals surface area contributed by atoms with Crippen molar-refractivity contribution in [3.8, 4) is 23.3 Å². The number of nitrogens with zero attached hydrogens (tertiary/aromatic N) is 5. The molecule has 9 nitrogen and oxygen atoms in total. The highest BCUT2D eigenvalue weighted by atomic mass is 19.1. The predicted molar refractivity (Wildman–Crippen MR) is 144 cm³/mol. The molecule has 11 heteroatoms. The van der Waals surface area contributed by atoms with Crippen LogP contribution in [0, 0.1) is 23.0 Å². The van der Waals surface area contributed by atoms with Gasteiger partial charge in [-0.2, -0.15) is 10.2 Å². The lowest BCUT2D eigenvalue weighted by molar-refractivity contribution is -0.0424. The summed E-state index contributed by atoms with van der Waals surface area (Å²) in [5, 5.41) is 28.1. The number of hydrogen-bond donors (Lipinski definition) is 2. The van der Waals surface area contributed by atoms with Crippen LogP contribution in [0.25, 0.3) is 22.3 Å². The first-order valence-electron chi connectivity index (χ1n) is 12.6. The number of aliphatic hydroxyl groups is 2. The molecule has 2 heterocycles. The number of imidazole rings is 1. The molecule has 0 atom stereocenters. The summed E-state index contributed by atoms with van der Waals surface area (Å²) in [7, 11) is 1.58. The molecule has 0 spiro atoms. The quantitative estimate of drug-likeness (QED) is 0.241. The lowest BCUT2D eigenvalue weighted by Crippen LogP contribution is -2.10. The highest BCUT2D eigenvalue weighted by Crippen LogP contribution is 2.26. The van der Waals surface area contributed by atoms with Gasteiger partial charge in [-0.3, -0.25) is 0 Å². The molecule has 0 saturated heterocycles. The summed E-state index contributed by atoms with van der Waals surface area (Å²) >= 11 is 0. The van der Waals surface area contributed by atoms with E-state index in [1.807, 2.05) is 10.6 Å². The van der Waals surface area contributed by atoms with Crippen LogP contribution in [0.2, 0.25) is 0 Å². The summed E-state index contributed by atoms with van der Waals surface area (Å²) in [5.41, 5.74) is 3.44. The zero-order valence-electron chi connectivity index (χ0n) is 22.0. The van der Waals surface area contributed by atoms with E-state index in [0.717, 1.165) is 6.07 Å². The van der Waals surface area contributed by atoms with Crippen molar-refractivity contribution in [2.24, 2.45) is 0 Å². The van der Waals surface area contributed by atoms with E-state index in [1.165, 1.54) is 24.4 Å². The van der Waals surface area contributed by atoms with E-state index < -0.39 is 17.9 Å². The van der Waals surface area contributed by atoms with Crippen LogP contribution < -0.4 is 4.74 Å². The lowest BCUT2D eigenvalue weighted by Gasteiger charge is -2.11. The fourth-order valence-electron chi connectivity index (χ4n) is 4.38. The molecular weight excluding hydrogens is 532 g/mol. The van der Waals surface area contributed by atoms with E-state index in [1.54, 1.807) is 43.5 Å². The van der Waals surface area contributed by atoms with Gasteiger partial charge in [0.15, 0.2) is 6.29 Å². The number of ether oxygens (including phenoxy) is 2. The Morgan fingerprint density at radius 3 is 2.51 bits per heavy atom. The molecule has 208 valence electrons. The van der Waals surface area contributed by atoms with Crippen LogP contribution in [0.15, 0.2) is 66.9 Å². The fraction of sp³-hybridized carbons (Fsp3) is 0.200. The molecule has 0 bridgehead atoms. The Balaban J connectivity index is 1.36. The Hall–Kier alpha value is -4.76. The maximum absolute atomic E-state index is 15.3. The van der Waals surface area contributed by atoms with Gasteiger partial charge in [0.1, 0.15) is 24.1 Å². The minimum atomic E-state index is -1.62. The monoisotopic (exact) mass is 557 g/mol. The Morgan fingerprint density at radius 2 is 1.78 bits per heavy atom. The first kappa shape index (κ1) is 27.8. The number of aliphatic hydroxyl groups excluding tert-OH is 1. The zero-order chi connectivity index (χ0) is 28.9. The highest BCUT2D eigenvalue weighted by molar-refractivity contribution is 5.77. The Bertz CT molecular complexity index is 1750. The molecule has 41 heavy (non-hydrogen) atoms. The normalized spacial score (nSPS) is 11.2. The molecule has 0 aliphatic rings. The van der Waals surface area contributed by atoms with E-state index in [-0.39, 0.29) is 30.2 Å². The van der Waals surface area contributed by atoms with Gasteiger partial charge in [-0.25, -0.2) is 18.7 Å². The Labute approximate surface area is 233 Å². The van der Waals surface area contributed by atoms with Crippen LogP contribution in [0.3, 0.4) is 0 Å². The molecule has 0 radical (unpaired) electrons. The fourth-order valence-corrected chi connectivity index (χ4v) is 4.38. The first-order chi connectivity index (χ1) is 19.9. The number of rotatable bonds is 10. The number of halogens is 2. The molecular formula is C30H25F2N5O4. The van der Waals surface area contributed by atoms with Crippen molar-refractivity contribution < 1.29 is 28.5 Å². The maximum Gasteiger partial charge on any atom is 0.317 e. The second-order valence-electron chi connectivity index (χ2n) is 9.21. The SMILES string of the molecule is COCCn1c(Cc2ccc(-c3ccnc(OCc4ccc(C#N)cc4F)n3)cc2F)nc2ccc(C(O)O)cc21. The van der Waals surface area contributed by atoms with E-state index in [4.69, 9.17) is 14.7 Å². The molecule has 3 aromatic carbocycles. The average Bonchev–Trinajstić information content (AvgIpc) is 3.32. The molecule has 2 N–H and O–H groups in total. The topological polar surface area (TPSA) is 126 Å². The zero-order valence-corrected chi connectivity index (χ0v) is 22.0. The number of benzene rings is 3. The minimum absolute atomic E-state index is 0.00466. The van der Waals surface area contributed by atoms with Crippen LogP contribution in [0.4, 0.5) is 8.78 Å². The van der Waals surface area contributed by atoms with Crippen molar-refractivity contribution in [1.82, 2.24) is 19.5 Å². The number of hydrogen-bond acceptors (Lipinski definition) is 8. The summed E-state index contributed by atoms with van der Waals surface area (Å²) in [5.74, 6) is -0.430. The summed E-state index contributed by atoms with van der Waals surface area (Å²) in [6.07, 6.45) is 0.0351. The van der Waals surface area contributed by atoms with Gasteiger partial charge in [-0.15, -0.1) is 0 Å². The van der Waals surface area contributed by atoms with Gasteiger partial charge in [0.05, 0.1) is 35.0 Å². The Morgan fingerprint density at radius 1 is 0.976 bits per heavy atom. The summed E-state index contributed by atoms with van der Waals surface area (Å²) in [6.45, 7) is 0.696. The van der Waals surface area contributed by atoms with Crippen LogP contribution in [-0.2, 0) is 24.3 Å². The molecule has 0 aliphatic heterocycles. The van der Waals surface area contributed by atoms with Gasteiger partial charge in [-0.05, 0) is 42.0 Å². The summed E-state index contributed by atoms with van der Waals surface area (Å²) in [4.78, 5) is 13.0. The largest absolute Gasteiger partial charge is 0.458 e. The third-order valence-electron chi connectivity index (χ3n) is 6.54. The molecule has 5 rings (SSSR count). The van der Waals surface area contributed by atoms with Crippen molar-refractivity contribution in [3.63, 3.8) is 0 Å². The summed E-state index contributed by atoms with van der Waals surface area (Å²) in [6, 6.07) is 17.2. The first-order valence-corrected chi connectivity index (χ1v) is 12.6. The van der Waals surface area contributed by atoms with Gasteiger partial charge in [0.25, 0.3) is 0 Å². The second-order valence-corrected chi connectivity index (χ2v) is 9.21. The van der Waals surface area contributed by atoms with Gasteiger partial charge in [-0.1, -0.05) is 24.3 Å². The van der Waals surface area contributed by atoms with Gasteiger partial charge in [0, 0.05) is 43.0 Å². The molecule has 0 aliphatic carbocycles. The molecule has 0 amide bonds. The molecule has 5 aromatic rings. The lowest BCUT2D eigenvalue weighted by atomic mass is 10.1. The standard InChI is InChI=1S/C30H25F2N5O4/c1-40-11-10-37-27-14-21(29(38)39)6-7-26(27)35-28(37)15-19-4-5-20(13-24(19)32)25-8-9-34-30(36-25)41-17-22-3-2-18(16-33)12-23(22)31/h2-9,12-14,29,38-39H,10-11,15,17H2,1H3. The van der Waals surface area contributed by atoms with Crippen molar-refractivity contribution in [1.29, 1.82) is 5.26 Å². The van der Waals surface area contributed by atoms with E-state index in [9.17, 15) is 14.6 Å². The highest BCUT2D eigenvalue weighted by Gasteiger charge is 2.16. The number of aromatic nitrogens is 4. The van der Waals surface area contributed by atoms with Crippen LogP contribution in [0.5, 0.6) is 6.01 Å². The third-order valence-corrected chi connectivity index (χ3v) is 6.54. The molecule has 2 aromatic heterocycles. The van der Waals surface area contributed by atoms with E-state index >= 15 is 4.39 Å². The van der Waals surface area contributed by atoms with Gasteiger partial charge in [0.2, 0.25) is 0 Å². The van der Waals surface area contributed by atoms with Crippen LogP contribution in [0.1, 0.15) is 34.4 Å². The van der Waals surface area contributed by atoms with Crippen molar-refractivity contribution in [2.45, 2.75) is 25.9 Å². The molecule has 0 unspecified atom stereocenters. The number of nitriles is 1. The van der Waals surface area contributed by atoms with Crippen molar-refractivity contribution in [2.75, 3.05) is 13.7 Å². The third kappa shape index (κ3) is 6.20. The number of fused-ring (bicyclic) bond motifs is 1. The molecule has 0 fully saturated rings.